The van der Waals surface area contributed by atoms with Crippen molar-refractivity contribution in [2.24, 2.45) is 0 Å². The van der Waals surface area contributed by atoms with E-state index in [4.69, 9.17) is 4.42 Å². The van der Waals surface area contributed by atoms with Gasteiger partial charge in [0.25, 0.3) is 0 Å². The molecule has 252 valence electrons. The van der Waals surface area contributed by atoms with E-state index < -0.39 is 0 Å². The number of benzene rings is 10. The Kier molecular flexibility index (Phi) is 6.90. The molecule has 0 amide bonds. The topological polar surface area (TPSA) is 16.4 Å². The third-order valence-corrected chi connectivity index (χ3v) is 11.0. The minimum absolute atomic E-state index is 0.882. The van der Waals surface area contributed by atoms with Gasteiger partial charge in [0.2, 0.25) is 0 Å². The van der Waals surface area contributed by atoms with Crippen LogP contribution < -0.4 is 4.90 Å². The van der Waals surface area contributed by atoms with Gasteiger partial charge in [0.15, 0.2) is 0 Å². The summed E-state index contributed by atoms with van der Waals surface area (Å²) in [5.74, 6) is 0.882. The SMILES string of the molecule is c1cc(-c2ccc3cc(N(c4ccc5c(ccc6ccccc65)c4)c4ccc5c(ccc6ccccc65)c4)ccc3c2)cc(-c2cc3ccccc3o2)c1. The molecule has 0 aliphatic heterocycles. The van der Waals surface area contributed by atoms with Crippen LogP contribution in [0, 0.1) is 0 Å². The molecule has 0 unspecified atom stereocenters. The molecule has 0 radical (unpaired) electrons. The van der Waals surface area contributed by atoms with Crippen LogP contribution in [0.2, 0.25) is 0 Å². The van der Waals surface area contributed by atoms with Gasteiger partial charge in [0.1, 0.15) is 11.3 Å². The van der Waals surface area contributed by atoms with Gasteiger partial charge in [-0.3, -0.25) is 0 Å². The molecule has 0 aliphatic carbocycles. The maximum atomic E-state index is 6.20. The quantitative estimate of drug-likeness (QED) is 0.168. The number of hydrogen-bond acceptors (Lipinski definition) is 2. The monoisotopic (exact) mass is 687 g/mol. The minimum atomic E-state index is 0.882. The van der Waals surface area contributed by atoms with Crippen molar-refractivity contribution in [2.45, 2.75) is 0 Å². The van der Waals surface area contributed by atoms with E-state index in [0.29, 0.717) is 0 Å². The molecule has 0 saturated heterocycles. The van der Waals surface area contributed by atoms with Gasteiger partial charge in [-0.05, 0) is 126 Å². The van der Waals surface area contributed by atoms with Crippen LogP contribution in [0.4, 0.5) is 17.1 Å². The molecule has 0 fully saturated rings. The Hall–Kier alpha value is -7.16. The van der Waals surface area contributed by atoms with Gasteiger partial charge in [-0.2, -0.15) is 0 Å². The van der Waals surface area contributed by atoms with Crippen LogP contribution in [0.15, 0.2) is 205 Å². The van der Waals surface area contributed by atoms with Gasteiger partial charge in [0.05, 0.1) is 0 Å². The molecule has 0 N–H and O–H groups in total. The van der Waals surface area contributed by atoms with E-state index in [2.05, 4.69) is 187 Å². The molecular formula is C52H33NO. The van der Waals surface area contributed by atoms with Crippen LogP contribution in [0.5, 0.6) is 0 Å². The zero-order chi connectivity index (χ0) is 35.6. The highest BCUT2D eigenvalue weighted by molar-refractivity contribution is 6.10. The summed E-state index contributed by atoms with van der Waals surface area (Å²) in [6.45, 7) is 0. The highest BCUT2D eigenvalue weighted by atomic mass is 16.3. The molecule has 2 nitrogen and oxygen atoms in total. The summed E-state index contributed by atoms with van der Waals surface area (Å²) in [6.07, 6.45) is 0. The first-order valence-electron chi connectivity index (χ1n) is 18.5. The van der Waals surface area contributed by atoms with Crippen molar-refractivity contribution in [1.82, 2.24) is 0 Å². The first-order chi connectivity index (χ1) is 26.7. The van der Waals surface area contributed by atoms with Crippen molar-refractivity contribution >= 4 is 81.9 Å². The van der Waals surface area contributed by atoms with E-state index in [9.17, 15) is 0 Å². The van der Waals surface area contributed by atoms with E-state index in [1.165, 1.54) is 59.4 Å². The Bertz CT molecular complexity index is 3090. The second kappa shape index (κ2) is 12.2. The summed E-state index contributed by atoms with van der Waals surface area (Å²) < 4.78 is 6.20. The van der Waals surface area contributed by atoms with Crippen LogP contribution in [-0.2, 0) is 0 Å². The molecule has 0 bridgehead atoms. The lowest BCUT2D eigenvalue weighted by molar-refractivity contribution is 0.631. The molecule has 10 aromatic carbocycles. The highest BCUT2D eigenvalue weighted by Gasteiger charge is 2.16. The molecule has 0 atom stereocenters. The second-order valence-corrected chi connectivity index (χ2v) is 14.2. The van der Waals surface area contributed by atoms with E-state index in [-0.39, 0.29) is 0 Å². The van der Waals surface area contributed by atoms with Gasteiger partial charge in [-0.1, -0.05) is 140 Å². The maximum absolute atomic E-state index is 6.20. The smallest absolute Gasteiger partial charge is 0.135 e. The zero-order valence-corrected chi connectivity index (χ0v) is 29.4. The predicted molar refractivity (Wildman–Crippen MR) is 229 cm³/mol. The number of fused-ring (bicyclic) bond motifs is 8. The minimum Gasteiger partial charge on any atom is -0.456 e. The first-order valence-corrected chi connectivity index (χ1v) is 18.5. The van der Waals surface area contributed by atoms with E-state index in [1.54, 1.807) is 0 Å². The van der Waals surface area contributed by atoms with Crippen molar-refractivity contribution in [2.75, 3.05) is 4.90 Å². The van der Waals surface area contributed by atoms with Crippen molar-refractivity contribution in [1.29, 1.82) is 0 Å². The molecule has 1 heterocycles. The van der Waals surface area contributed by atoms with Gasteiger partial charge in [-0.15, -0.1) is 0 Å². The average molecular weight is 688 g/mol. The van der Waals surface area contributed by atoms with Crippen molar-refractivity contribution < 1.29 is 4.42 Å². The number of anilines is 3. The Morgan fingerprint density at radius 3 is 1.44 bits per heavy atom. The van der Waals surface area contributed by atoms with E-state index in [0.717, 1.165) is 44.9 Å². The third kappa shape index (κ3) is 5.11. The molecule has 0 aliphatic rings. The van der Waals surface area contributed by atoms with Crippen LogP contribution in [-0.4, -0.2) is 0 Å². The van der Waals surface area contributed by atoms with Gasteiger partial charge >= 0.3 is 0 Å². The normalized spacial score (nSPS) is 11.7. The van der Waals surface area contributed by atoms with Crippen LogP contribution in [0.1, 0.15) is 0 Å². The molecule has 1 aromatic heterocycles. The fourth-order valence-corrected chi connectivity index (χ4v) is 8.25. The van der Waals surface area contributed by atoms with E-state index >= 15 is 0 Å². The first kappa shape index (κ1) is 30.5. The van der Waals surface area contributed by atoms with Crippen LogP contribution in [0.25, 0.3) is 87.3 Å². The van der Waals surface area contributed by atoms with Crippen LogP contribution in [0.3, 0.4) is 0 Å². The third-order valence-electron chi connectivity index (χ3n) is 11.0. The second-order valence-electron chi connectivity index (χ2n) is 14.2. The number of furan rings is 1. The number of para-hydroxylation sites is 1. The molecule has 0 saturated carbocycles. The molecule has 54 heavy (non-hydrogen) atoms. The Labute approximate surface area is 312 Å². The largest absolute Gasteiger partial charge is 0.456 e. The molecule has 0 spiro atoms. The summed E-state index contributed by atoms with van der Waals surface area (Å²) in [7, 11) is 0. The van der Waals surface area contributed by atoms with Gasteiger partial charge < -0.3 is 9.32 Å². The fourth-order valence-electron chi connectivity index (χ4n) is 8.25. The Morgan fingerprint density at radius 1 is 0.278 bits per heavy atom. The average Bonchev–Trinajstić information content (AvgIpc) is 3.68. The highest BCUT2D eigenvalue weighted by Crippen LogP contribution is 2.41. The summed E-state index contributed by atoms with van der Waals surface area (Å²) in [4.78, 5) is 2.40. The lowest BCUT2D eigenvalue weighted by Gasteiger charge is -2.27. The molecule has 11 rings (SSSR count). The Morgan fingerprint density at radius 2 is 0.759 bits per heavy atom. The molecular weight excluding hydrogens is 655 g/mol. The summed E-state index contributed by atoms with van der Waals surface area (Å²) in [5, 5.41) is 13.5. The summed E-state index contributed by atoms with van der Waals surface area (Å²) in [6, 6.07) is 72.5. The standard InChI is InChI=1S/C52H33NO/c1-4-13-47-34(8-1)16-20-40-31-45(24-26-49(40)47)53(46-25-27-50-41(32-46)21-17-35-9-2-5-14-48(35)50)44-23-22-38-28-37(18-19-39(38)30-44)36-11-7-12-42(29-36)52-33-43-10-3-6-15-51(43)54-52/h1-33H. The Balaban J connectivity index is 1.02. The molecule has 11 aromatic rings. The number of rotatable bonds is 5. The zero-order valence-electron chi connectivity index (χ0n) is 29.4. The lowest BCUT2D eigenvalue weighted by Crippen LogP contribution is -2.10. The van der Waals surface area contributed by atoms with E-state index in [1.807, 2.05) is 18.2 Å². The fraction of sp³-hybridized carbons (Fsp3) is 0. The predicted octanol–water partition coefficient (Wildman–Crippen LogP) is 15.0. The van der Waals surface area contributed by atoms with Gasteiger partial charge in [-0.25, -0.2) is 0 Å². The maximum Gasteiger partial charge on any atom is 0.135 e. The van der Waals surface area contributed by atoms with Crippen molar-refractivity contribution in [3.63, 3.8) is 0 Å². The van der Waals surface area contributed by atoms with Crippen molar-refractivity contribution in [3.8, 4) is 22.5 Å². The van der Waals surface area contributed by atoms with Crippen molar-refractivity contribution in [3.05, 3.63) is 200 Å². The van der Waals surface area contributed by atoms with Gasteiger partial charge in [0, 0.05) is 28.0 Å². The summed E-state index contributed by atoms with van der Waals surface area (Å²) >= 11 is 0. The van der Waals surface area contributed by atoms with Crippen LogP contribution >= 0.6 is 0 Å². The number of nitrogens with zero attached hydrogens (tertiary/aromatic N) is 1. The lowest BCUT2D eigenvalue weighted by atomic mass is 9.98. The molecule has 2 heteroatoms. The number of hydrogen-bond donors (Lipinski definition) is 0. The summed E-state index contributed by atoms with van der Waals surface area (Å²) in [5.41, 5.74) is 7.67.